The van der Waals surface area contributed by atoms with Crippen LogP contribution >= 0.6 is 0 Å². The standard InChI is InChI=1S/2C16H21NO4/c2*1-16(2,3)21-15(19)17-13-9-12(14(18)20-4)10-7-5-6-8-11(10)13/h2*5-8,12-13H,9H2,1-4H3,(H,17,19)/t2*12-,13-/m10/s1. The van der Waals surface area contributed by atoms with E-state index in [-0.39, 0.29) is 35.9 Å². The van der Waals surface area contributed by atoms with Crippen LogP contribution < -0.4 is 10.6 Å². The lowest BCUT2D eigenvalue weighted by Crippen LogP contribution is -2.34. The Bertz CT molecular complexity index is 1190. The number of esters is 2. The van der Waals surface area contributed by atoms with Crippen LogP contribution in [0.2, 0.25) is 0 Å². The molecule has 10 heteroatoms. The zero-order valence-electron chi connectivity index (χ0n) is 25.6. The van der Waals surface area contributed by atoms with Crippen molar-refractivity contribution in [2.45, 2.75) is 89.5 Å². The molecule has 2 aromatic carbocycles. The molecule has 4 rings (SSSR count). The quantitative estimate of drug-likeness (QED) is 0.341. The average molecular weight is 583 g/mol. The topological polar surface area (TPSA) is 129 Å². The van der Waals surface area contributed by atoms with E-state index < -0.39 is 23.4 Å². The Hall–Kier alpha value is -4.08. The number of hydrogen-bond donors (Lipinski definition) is 2. The molecule has 2 N–H and O–H groups in total. The molecule has 2 aliphatic carbocycles. The molecule has 0 radical (unpaired) electrons. The minimum absolute atomic E-state index is 0.236. The van der Waals surface area contributed by atoms with Crippen molar-refractivity contribution in [3.05, 3.63) is 70.8 Å². The third-order valence-corrected chi connectivity index (χ3v) is 6.79. The molecule has 0 spiro atoms. The van der Waals surface area contributed by atoms with Gasteiger partial charge in [-0.05, 0) is 76.6 Å². The van der Waals surface area contributed by atoms with Gasteiger partial charge in [-0.15, -0.1) is 0 Å². The first kappa shape index (κ1) is 32.4. The summed E-state index contributed by atoms with van der Waals surface area (Å²) in [6, 6.07) is 14.7. The second kappa shape index (κ2) is 13.3. The van der Waals surface area contributed by atoms with Gasteiger partial charge in [-0.25, -0.2) is 9.59 Å². The smallest absolute Gasteiger partial charge is 0.408 e. The minimum atomic E-state index is -0.552. The summed E-state index contributed by atoms with van der Waals surface area (Å²) in [5.74, 6) is -1.25. The van der Waals surface area contributed by atoms with Crippen molar-refractivity contribution in [2.75, 3.05) is 14.2 Å². The molecule has 0 bridgehead atoms. The number of benzene rings is 2. The summed E-state index contributed by atoms with van der Waals surface area (Å²) in [5, 5.41) is 5.66. The summed E-state index contributed by atoms with van der Waals surface area (Å²) >= 11 is 0. The molecule has 0 heterocycles. The fraction of sp³-hybridized carbons (Fsp3) is 0.500. The highest BCUT2D eigenvalue weighted by atomic mass is 16.6. The van der Waals surface area contributed by atoms with Gasteiger partial charge in [-0.1, -0.05) is 48.5 Å². The van der Waals surface area contributed by atoms with Crippen molar-refractivity contribution < 1.29 is 38.1 Å². The van der Waals surface area contributed by atoms with Gasteiger partial charge in [0.2, 0.25) is 0 Å². The highest BCUT2D eigenvalue weighted by Gasteiger charge is 2.38. The van der Waals surface area contributed by atoms with E-state index >= 15 is 0 Å². The van der Waals surface area contributed by atoms with Crippen LogP contribution in [0.5, 0.6) is 0 Å². The summed E-state index contributed by atoms with van der Waals surface area (Å²) in [6.07, 6.45) is 0.0249. The fourth-order valence-corrected chi connectivity index (χ4v) is 5.17. The van der Waals surface area contributed by atoms with Gasteiger partial charge in [-0.3, -0.25) is 9.59 Å². The van der Waals surface area contributed by atoms with Gasteiger partial charge in [0.15, 0.2) is 0 Å². The summed E-state index contributed by atoms with van der Waals surface area (Å²) in [5.41, 5.74) is 2.60. The molecule has 2 aliphatic rings. The van der Waals surface area contributed by atoms with E-state index in [9.17, 15) is 19.2 Å². The first-order valence-electron chi connectivity index (χ1n) is 14.0. The van der Waals surface area contributed by atoms with Crippen LogP contribution in [0.1, 0.15) is 101 Å². The predicted octanol–water partition coefficient (Wildman–Crippen LogP) is 5.83. The number of carbonyl (C=O) groups is 4. The molecule has 228 valence electrons. The number of methoxy groups -OCH3 is 2. The van der Waals surface area contributed by atoms with E-state index in [2.05, 4.69) is 10.6 Å². The van der Waals surface area contributed by atoms with E-state index in [0.717, 1.165) is 22.3 Å². The van der Waals surface area contributed by atoms with E-state index in [1.54, 1.807) is 0 Å². The number of rotatable bonds is 4. The molecule has 0 unspecified atom stereocenters. The predicted molar refractivity (Wildman–Crippen MR) is 156 cm³/mol. The molecular formula is C32H42N2O8. The van der Waals surface area contributed by atoms with Crippen molar-refractivity contribution >= 4 is 24.1 Å². The molecule has 0 saturated carbocycles. The van der Waals surface area contributed by atoms with E-state index in [0.29, 0.717) is 12.8 Å². The van der Waals surface area contributed by atoms with Gasteiger partial charge in [0.25, 0.3) is 0 Å². The number of hydrogen-bond acceptors (Lipinski definition) is 8. The van der Waals surface area contributed by atoms with Crippen LogP contribution in [0.25, 0.3) is 0 Å². The Kier molecular flexibility index (Phi) is 10.2. The van der Waals surface area contributed by atoms with E-state index in [1.165, 1.54) is 14.2 Å². The summed E-state index contributed by atoms with van der Waals surface area (Å²) < 4.78 is 20.2. The lowest BCUT2D eigenvalue weighted by Gasteiger charge is -2.22. The van der Waals surface area contributed by atoms with Crippen LogP contribution in [0, 0.1) is 0 Å². The third-order valence-electron chi connectivity index (χ3n) is 6.79. The van der Waals surface area contributed by atoms with Crippen LogP contribution in [0.4, 0.5) is 9.59 Å². The van der Waals surface area contributed by atoms with Crippen molar-refractivity contribution in [3.8, 4) is 0 Å². The lowest BCUT2D eigenvalue weighted by atomic mass is 10.0. The molecule has 0 saturated heterocycles. The van der Waals surface area contributed by atoms with Crippen molar-refractivity contribution in [1.29, 1.82) is 0 Å². The summed E-state index contributed by atoms with van der Waals surface area (Å²) in [7, 11) is 2.75. The first-order valence-corrected chi connectivity index (χ1v) is 14.0. The van der Waals surface area contributed by atoms with Gasteiger partial charge in [-0.2, -0.15) is 0 Å². The summed E-state index contributed by atoms with van der Waals surface area (Å²) in [6.45, 7) is 10.9. The van der Waals surface area contributed by atoms with Crippen LogP contribution in [0.3, 0.4) is 0 Å². The molecule has 0 aromatic heterocycles. The Labute approximate surface area is 247 Å². The van der Waals surface area contributed by atoms with Crippen LogP contribution in [-0.2, 0) is 28.5 Å². The Balaban J connectivity index is 0.000000230. The van der Waals surface area contributed by atoms with Crippen molar-refractivity contribution in [2.24, 2.45) is 0 Å². The van der Waals surface area contributed by atoms with Gasteiger partial charge in [0, 0.05) is 0 Å². The highest BCUT2D eigenvalue weighted by molar-refractivity contribution is 5.81. The Morgan fingerprint density at radius 1 is 0.595 bits per heavy atom. The maximum absolute atomic E-state index is 11.9. The van der Waals surface area contributed by atoms with Gasteiger partial charge >= 0.3 is 24.1 Å². The summed E-state index contributed by atoms with van der Waals surface area (Å²) in [4.78, 5) is 47.6. The molecule has 0 aliphatic heterocycles. The van der Waals surface area contributed by atoms with Crippen LogP contribution in [0.15, 0.2) is 48.5 Å². The molecular weight excluding hydrogens is 540 g/mol. The van der Waals surface area contributed by atoms with Gasteiger partial charge in [0.1, 0.15) is 11.2 Å². The second-order valence-corrected chi connectivity index (χ2v) is 12.3. The zero-order valence-corrected chi connectivity index (χ0v) is 25.6. The average Bonchev–Trinajstić information content (AvgIpc) is 3.45. The zero-order chi connectivity index (χ0) is 31.2. The Morgan fingerprint density at radius 2 is 0.905 bits per heavy atom. The number of nitrogens with one attached hydrogen (secondary N) is 2. The Morgan fingerprint density at radius 3 is 1.19 bits per heavy atom. The first-order chi connectivity index (χ1) is 19.6. The lowest BCUT2D eigenvalue weighted by molar-refractivity contribution is -0.143. The van der Waals surface area contributed by atoms with Crippen molar-refractivity contribution in [3.63, 3.8) is 0 Å². The minimum Gasteiger partial charge on any atom is -0.469 e. The number of carbonyl (C=O) groups excluding carboxylic acids is 4. The number of amides is 2. The largest absolute Gasteiger partial charge is 0.469 e. The normalized spacial score (nSPS) is 20.6. The molecule has 4 atom stereocenters. The highest BCUT2D eigenvalue weighted by Crippen LogP contribution is 2.42. The third kappa shape index (κ3) is 8.47. The monoisotopic (exact) mass is 582 g/mol. The fourth-order valence-electron chi connectivity index (χ4n) is 5.17. The van der Waals surface area contributed by atoms with Crippen molar-refractivity contribution in [1.82, 2.24) is 10.6 Å². The number of ether oxygens (including phenoxy) is 4. The van der Waals surface area contributed by atoms with Crippen LogP contribution in [-0.4, -0.2) is 49.5 Å². The second-order valence-electron chi connectivity index (χ2n) is 12.3. The molecule has 2 amide bonds. The van der Waals surface area contributed by atoms with Gasteiger partial charge in [0.05, 0.1) is 38.1 Å². The van der Waals surface area contributed by atoms with E-state index in [4.69, 9.17) is 18.9 Å². The maximum Gasteiger partial charge on any atom is 0.408 e. The molecule has 10 nitrogen and oxygen atoms in total. The molecule has 42 heavy (non-hydrogen) atoms. The molecule has 0 fully saturated rings. The molecule has 2 aromatic rings. The number of fused-ring (bicyclic) bond motifs is 2. The van der Waals surface area contributed by atoms with E-state index in [1.807, 2.05) is 90.1 Å². The SMILES string of the molecule is COC(=O)[C@@H]1C[C@@H](NC(=O)OC(C)(C)C)c2ccccc21.COC(=O)[C@H]1C[C@H](NC(=O)OC(C)(C)C)c2ccccc21. The number of alkyl carbamates (subject to hydrolysis) is 2. The van der Waals surface area contributed by atoms with Gasteiger partial charge < -0.3 is 29.6 Å². The maximum atomic E-state index is 11.9.